The zero-order valence-corrected chi connectivity index (χ0v) is 12.2. The Morgan fingerprint density at radius 3 is 2.57 bits per heavy atom. The van der Waals surface area contributed by atoms with Gasteiger partial charge in [-0.25, -0.2) is 0 Å². The first kappa shape index (κ1) is 15.0. The molecule has 3 N–H and O–H groups in total. The lowest BCUT2D eigenvalue weighted by molar-refractivity contribution is -0.117. The SMILES string of the molecule is Cc1ccc(C(N)C(=O)Nc2cc(Cl)ccc2C#N)cc1. The summed E-state index contributed by atoms with van der Waals surface area (Å²) in [5.41, 5.74) is 8.43. The summed E-state index contributed by atoms with van der Waals surface area (Å²) in [4.78, 5) is 12.2. The minimum atomic E-state index is -0.809. The van der Waals surface area contributed by atoms with Crippen LogP contribution in [0.2, 0.25) is 5.02 Å². The molecule has 0 aliphatic heterocycles. The topological polar surface area (TPSA) is 78.9 Å². The molecule has 4 nitrogen and oxygen atoms in total. The van der Waals surface area contributed by atoms with Crippen LogP contribution < -0.4 is 11.1 Å². The molecule has 2 rings (SSSR count). The van der Waals surface area contributed by atoms with Gasteiger partial charge in [-0.1, -0.05) is 41.4 Å². The fourth-order valence-electron chi connectivity index (χ4n) is 1.85. The molecule has 5 heteroatoms. The summed E-state index contributed by atoms with van der Waals surface area (Å²) in [6.07, 6.45) is 0. The maximum absolute atomic E-state index is 12.2. The largest absolute Gasteiger partial charge is 0.323 e. The molecule has 0 aromatic heterocycles. The van der Waals surface area contributed by atoms with E-state index in [9.17, 15) is 4.79 Å². The number of benzene rings is 2. The number of rotatable bonds is 3. The quantitative estimate of drug-likeness (QED) is 0.913. The van der Waals surface area contributed by atoms with Crippen molar-refractivity contribution in [3.63, 3.8) is 0 Å². The number of halogens is 1. The average Bonchev–Trinajstić information content (AvgIpc) is 2.47. The van der Waals surface area contributed by atoms with E-state index in [0.717, 1.165) is 5.56 Å². The number of aryl methyl sites for hydroxylation is 1. The maximum atomic E-state index is 12.2. The molecule has 0 saturated heterocycles. The van der Waals surface area contributed by atoms with Gasteiger partial charge >= 0.3 is 0 Å². The lowest BCUT2D eigenvalue weighted by Gasteiger charge is -2.14. The lowest BCUT2D eigenvalue weighted by Crippen LogP contribution is -2.28. The molecule has 0 spiro atoms. The number of nitrogens with one attached hydrogen (secondary N) is 1. The van der Waals surface area contributed by atoms with E-state index in [1.54, 1.807) is 12.1 Å². The molecule has 1 unspecified atom stereocenters. The van der Waals surface area contributed by atoms with Gasteiger partial charge in [0.2, 0.25) is 5.91 Å². The van der Waals surface area contributed by atoms with Crippen LogP contribution in [0.1, 0.15) is 22.7 Å². The van der Waals surface area contributed by atoms with Gasteiger partial charge in [0, 0.05) is 5.02 Å². The molecule has 106 valence electrons. The Hall–Kier alpha value is -2.35. The fraction of sp³-hybridized carbons (Fsp3) is 0.125. The third-order valence-electron chi connectivity index (χ3n) is 3.08. The third-order valence-corrected chi connectivity index (χ3v) is 3.31. The van der Waals surface area contributed by atoms with Crippen LogP contribution in [0.5, 0.6) is 0 Å². The van der Waals surface area contributed by atoms with Gasteiger partial charge in [0.25, 0.3) is 0 Å². The summed E-state index contributed by atoms with van der Waals surface area (Å²) in [7, 11) is 0. The van der Waals surface area contributed by atoms with Gasteiger partial charge in [0.1, 0.15) is 12.1 Å². The molecule has 0 saturated carbocycles. The molecule has 0 heterocycles. The van der Waals surface area contributed by atoms with Crippen LogP contribution in [0.3, 0.4) is 0 Å². The van der Waals surface area contributed by atoms with Crippen molar-refractivity contribution in [1.82, 2.24) is 0 Å². The van der Waals surface area contributed by atoms with E-state index in [4.69, 9.17) is 22.6 Å². The van der Waals surface area contributed by atoms with E-state index in [1.807, 2.05) is 37.3 Å². The van der Waals surface area contributed by atoms with Gasteiger partial charge in [-0.3, -0.25) is 4.79 Å². The minimum absolute atomic E-state index is 0.337. The Morgan fingerprint density at radius 2 is 1.95 bits per heavy atom. The highest BCUT2D eigenvalue weighted by atomic mass is 35.5. The number of carbonyl (C=O) groups excluding carboxylic acids is 1. The van der Waals surface area contributed by atoms with E-state index in [0.29, 0.717) is 21.8 Å². The zero-order valence-electron chi connectivity index (χ0n) is 11.4. The maximum Gasteiger partial charge on any atom is 0.245 e. The second-order valence-electron chi connectivity index (χ2n) is 4.68. The number of amides is 1. The number of anilines is 1. The number of nitrogens with zero attached hydrogens (tertiary/aromatic N) is 1. The Kier molecular flexibility index (Phi) is 4.59. The summed E-state index contributed by atoms with van der Waals surface area (Å²) >= 11 is 5.88. The van der Waals surface area contributed by atoms with Gasteiger partial charge < -0.3 is 11.1 Å². The molecule has 0 fully saturated rings. The smallest absolute Gasteiger partial charge is 0.245 e. The standard InChI is InChI=1S/C16H14ClN3O/c1-10-2-4-11(5-3-10)15(19)16(21)20-14-8-13(17)7-6-12(14)9-18/h2-8,15H,19H2,1H3,(H,20,21). The zero-order chi connectivity index (χ0) is 15.4. The second kappa shape index (κ2) is 6.40. The van der Waals surface area contributed by atoms with Crippen LogP contribution >= 0.6 is 11.6 Å². The summed E-state index contributed by atoms with van der Waals surface area (Å²) in [5, 5.41) is 12.1. The Balaban J connectivity index is 2.20. The first-order valence-electron chi connectivity index (χ1n) is 6.34. The first-order chi connectivity index (χ1) is 10.0. The highest BCUT2D eigenvalue weighted by Gasteiger charge is 2.17. The number of nitrogens with two attached hydrogens (primary N) is 1. The van der Waals surface area contributed by atoms with Gasteiger partial charge in [-0.05, 0) is 30.7 Å². The van der Waals surface area contributed by atoms with Crippen molar-refractivity contribution in [1.29, 1.82) is 5.26 Å². The van der Waals surface area contributed by atoms with E-state index < -0.39 is 11.9 Å². The second-order valence-corrected chi connectivity index (χ2v) is 5.12. The number of carbonyl (C=O) groups is 1. The van der Waals surface area contributed by atoms with Gasteiger partial charge in [-0.15, -0.1) is 0 Å². The number of nitriles is 1. The Labute approximate surface area is 128 Å². The van der Waals surface area contributed by atoms with E-state index in [-0.39, 0.29) is 0 Å². The van der Waals surface area contributed by atoms with Crippen LogP contribution in [0.15, 0.2) is 42.5 Å². The van der Waals surface area contributed by atoms with Crippen molar-refractivity contribution in [2.75, 3.05) is 5.32 Å². The first-order valence-corrected chi connectivity index (χ1v) is 6.71. The van der Waals surface area contributed by atoms with E-state index in [2.05, 4.69) is 5.32 Å². The van der Waals surface area contributed by atoms with Crippen LogP contribution in [0.4, 0.5) is 5.69 Å². The molecule has 21 heavy (non-hydrogen) atoms. The average molecular weight is 300 g/mol. The molecular formula is C16H14ClN3O. The molecule has 1 atom stereocenters. The van der Waals surface area contributed by atoms with Crippen molar-refractivity contribution < 1.29 is 4.79 Å². The Morgan fingerprint density at radius 1 is 1.29 bits per heavy atom. The van der Waals surface area contributed by atoms with Crippen molar-refractivity contribution in [3.05, 3.63) is 64.2 Å². The normalized spacial score (nSPS) is 11.5. The van der Waals surface area contributed by atoms with Gasteiger partial charge in [-0.2, -0.15) is 5.26 Å². The molecule has 1 amide bonds. The van der Waals surface area contributed by atoms with Crippen molar-refractivity contribution in [2.24, 2.45) is 5.73 Å². The third kappa shape index (κ3) is 3.60. The van der Waals surface area contributed by atoms with Crippen molar-refractivity contribution >= 4 is 23.2 Å². The molecular weight excluding hydrogens is 286 g/mol. The van der Waals surface area contributed by atoms with Gasteiger partial charge in [0.05, 0.1) is 11.3 Å². The molecule has 0 aliphatic carbocycles. The Bertz CT molecular complexity index is 704. The van der Waals surface area contributed by atoms with Gasteiger partial charge in [0.15, 0.2) is 0 Å². The molecule has 0 aliphatic rings. The van der Waals surface area contributed by atoms with Crippen LogP contribution in [-0.4, -0.2) is 5.91 Å². The highest BCUT2D eigenvalue weighted by Crippen LogP contribution is 2.22. The summed E-state index contributed by atoms with van der Waals surface area (Å²) in [5.74, 6) is -0.391. The van der Waals surface area contributed by atoms with E-state index in [1.165, 1.54) is 6.07 Å². The fourth-order valence-corrected chi connectivity index (χ4v) is 2.03. The lowest BCUT2D eigenvalue weighted by atomic mass is 10.0. The van der Waals surface area contributed by atoms with Crippen molar-refractivity contribution in [2.45, 2.75) is 13.0 Å². The van der Waals surface area contributed by atoms with Crippen LogP contribution in [0.25, 0.3) is 0 Å². The predicted molar refractivity (Wildman–Crippen MR) is 82.9 cm³/mol. The van der Waals surface area contributed by atoms with Crippen LogP contribution in [0, 0.1) is 18.3 Å². The number of hydrogen-bond donors (Lipinski definition) is 2. The highest BCUT2D eigenvalue weighted by molar-refractivity contribution is 6.31. The summed E-state index contributed by atoms with van der Waals surface area (Å²) in [6, 6.07) is 13.3. The summed E-state index contributed by atoms with van der Waals surface area (Å²) in [6.45, 7) is 1.96. The number of hydrogen-bond acceptors (Lipinski definition) is 3. The monoisotopic (exact) mass is 299 g/mol. The van der Waals surface area contributed by atoms with Crippen molar-refractivity contribution in [3.8, 4) is 6.07 Å². The molecule has 2 aromatic rings. The summed E-state index contributed by atoms with van der Waals surface area (Å²) < 4.78 is 0. The molecule has 0 radical (unpaired) electrons. The minimum Gasteiger partial charge on any atom is -0.323 e. The predicted octanol–water partition coefficient (Wildman–Crippen LogP) is 3.16. The van der Waals surface area contributed by atoms with Crippen LogP contribution in [-0.2, 0) is 4.79 Å². The van der Waals surface area contributed by atoms with E-state index >= 15 is 0 Å². The molecule has 2 aromatic carbocycles. The molecule has 0 bridgehead atoms.